The third kappa shape index (κ3) is 2.10. The van der Waals surface area contributed by atoms with Gasteiger partial charge in [0.2, 0.25) is 0 Å². The van der Waals surface area contributed by atoms with E-state index in [0.717, 1.165) is 18.5 Å². The molecule has 80 valence electrons. The van der Waals surface area contributed by atoms with Crippen LogP contribution >= 0.6 is 11.6 Å². The highest BCUT2D eigenvalue weighted by molar-refractivity contribution is 6.31. The molecule has 14 heavy (non-hydrogen) atoms. The lowest BCUT2D eigenvalue weighted by molar-refractivity contribution is 0.0954. The van der Waals surface area contributed by atoms with Crippen LogP contribution in [0.4, 0.5) is 0 Å². The third-order valence-corrected chi connectivity index (χ3v) is 3.00. The molecule has 4 heteroatoms. The van der Waals surface area contributed by atoms with Crippen LogP contribution < -0.4 is 0 Å². The van der Waals surface area contributed by atoms with Crippen LogP contribution in [-0.4, -0.2) is 14.9 Å². The van der Waals surface area contributed by atoms with E-state index in [0.29, 0.717) is 5.02 Å². The molecule has 1 aromatic rings. The minimum Gasteiger partial charge on any atom is -0.386 e. The summed E-state index contributed by atoms with van der Waals surface area (Å²) in [6, 6.07) is 0. The highest BCUT2D eigenvalue weighted by atomic mass is 35.5. The summed E-state index contributed by atoms with van der Waals surface area (Å²) < 4.78 is 1.64. The Labute approximate surface area is 89.7 Å². The van der Waals surface area contributed by atoms with Crippen molar-refractivity contribution in [1.29, 1.82) is 0 Å². The summed E-state index contributed by atoms with van der Waals surface area (Å²) in [5, 5.41) is 14.6. The molecular weight excluding hydrogens is 200 g/mol. The molecule has 1 atom stereocenters. The molecule has 1 aromatic heterocycles. The Hall–Kier alpha value is -0.540. The van der Waals surface area contributed by atoms with Gasteiger partial charge < -0.3 is 5.11 Å². The second-order valence-corrected chi connectivity index (χ2v) is 3.93. The summed E-state index contributed by atoms with van der Waals surface area (Å²) in [6.45, 7) is 4.14. The number of nitrogens with zero attached hydrogens (tertiary/aromatic N) is 2. The van der Waals surface area contributed by atoms with E-state index in [4.69, 9.17) is 11.6 Å². The van der Waals surface area contributed by atoms with Gasteiger partial charge in [0.05, 0.1) is 23.0 Å². The first-order valence-corrected chi connectivity index (χ1v) is 5.35. The fraction of sp³-hybridized carbons (Fsp3) is 0.700. The van der Waals surface area contributed by atoms with E-state index in [1.807, 2.05) is 0 Å². The zero-order valence-corrected chi connectivity index (χ0v) is 9.62. The summed E-state index contributed by atoms with van der Waals surface area (Å²) in [5.41, 5.74) is 0.723. The van der Waals surface area contributed by atoms with E-state index >= 15 is 0 Å². The van der Waals surface area contributed by atoms with Crippen molar-refractivity contribution < 1.29 is 5.11 Å². The predicted molar refractivity (Wildman–Crippen MR) is 57.2 cm³/mol. The van der Waals surface area contributed by atoms with Crippen LogP contribution in [0.1, 0.15) is 38.5 Å². The average molecular weight is 217 g/mol. The van der Waals surface area contributed by atoms with Crippen molar-refractivity contribution in [3.8, 4) is 0 Å². The van der Waals surface area contributed by atoms with Crippen molar-refractivity contribution >= 4 is 11.6 Å². The van der Waals surface area contributed by atoms with Crippen molar-refractivity contribution in [2.24, 2.45) is 13.0 Å². The number of hydrogen-bond donors (Lipinski definition) is 1. The molecular formula is C10H17ClN2O. The van der Waals surface area contributed by atoms with Crippen molar-refractivity contribution in [3.05, 3.63) is 16.9 Å². The number of aliphatic hydroxyl groups is 1. The zero-order chi connectivity index (χ0) is 10.7. The fourth-order valence-electron chi connectivity index (χ4n) is 1.71. The first kappa shape index (κ1) is 11.5. The Morgan fingerprint density at radius 1 is 1.50 bits per heavy atom. The zero-order valence-electron chi connectivity index (χ0n) is 8.87. The van der Waals surface area contributed by atoms with Crippen molar-refractivity contribution in [3.63, 3.8) is 0 Å². The van der Waals surface area contributed by atoms with Crippen molar-refractivity contribution in [1.82, 2.24) is 9.78 Å². The van der Waals surface area contributed by atoms with Crippen molar-refractivity contribution in [2.75, 3.05) is 0 Å². The minimum atomic E-state index is -0.509. The first-order chi connectivity index (χ1) is 6.61. The summed E-state index contributed by atoms with van der Waals surface area (Å²) in [4.78, 5) is 0. The summed E-state index contributed by atoms with van der Waals surface area (Å²) in [5.74, 6) is 0.253. The normalized spacial score (nSPS) is 13.6. The van der Waals surface area contributed by atoms with Gasteiger partial charge in [-0.3, -0.25) is 4.68 Å². The summed E-state index contributed by atoms with van der Waals surface area (Å²) in [7, 11) is 1.80. The van der Waals surface area contributed by atoms with Gasteiger partial charge in [-0.25, -0.2) is 0 Å². The lowest BCUT2D eigenvalue weighted by Crippen LogP contribution is -2.15. The van der Waals surface area contributed by atoms with Crippen LogP contribution in [0.5, 0.6) is 0 Å². The molecule has 0 radical (unpaired) electrons. The Balaban J connectivity index is 2.92. The van der Waals surface area contributed by atoms with Gasteiger partial charge in [0.1, 0.15) is 0 Å². The standard InChI is InChI=1S/C10H17ClN2O/c1-4-7(5-2)10(14)9-8(11)6-12-13(9)3/h6-7,10,14H,4-5H2,1-3H3. The maximum absolute atomic E-state index is 10.1. The van der Waals surface area contributed by atoms with E-state index in [1.54, 1.807) is 17.9 Å². The number of aryl methyl sites for hydroxylation is 1. The van der Waals surface area contributed by atoms with E-state index in [1.165, 1.54) is 0 Å². The Morgan fingerprint density at radius 3 is 2.43 bits per heavy atom. The van der Waals surface area contributed by atoms with Crippen LogP contribution in [0.3, 0.4) is 0 Å². The minimum absolute atomic E-state index is 0.253. The average Bonchev–Trinajstić information content (AvgIpc) is 2.48. The number of aliphatic hydroxyl groups excluding tert-OH is 1. The highest BCUT2D eigenvalue weighted by Gasteiger charge is 2.23. The van der Waals surface area contributed by atoms with Gasteiger partial charge in [-0.05, 0) is 5.92 Å². The molecule has 1 rings (SSSR count). The number of rotatable bonds is 4. The molecule has 0 aliphatic carbocycles. The number of aromatic nitrogens is 2. The molecule has 1 heterocycles. The summed E-state index contributed by atoms with van der Waals surface area (Å²) in [6.07, 6.45) is 2.95. The van der Waals surface area contributed by atoms with Crippen LogP contribution in [0, 0.1) is 5.92 Å². The molecule has 0 amide bonds. The Kier molecular flexibility index (Phi) is 3.96. The van der Waals surface area contributed by atoms with Crippen LogP contribution in [0.2, 0.25) is 5.02 Å². The van der Waals surface area contributed by atoms with E-state index in [2.05, 4.69) is 18.9 Å². The van der Waals surface area contributed by atoms with Gasteiger partial charge in [-0.2, -0.15) is 5.10 Å². The van der Waals surface area contributed by atoms with E-state index in [-0.39, 0.29) is 5.92 Å². The molecule has 1 unspecified atom stereocenters. The molecule has 0 saturated carbocycles. The van der Waals surface area contributed by atoms with E-state index in [9.17, 15) is 5.11 Å². The monoisotopic (exact) mass is 216 g/mol. The molecule has 0 saturated heterocycles. The molecule has 0 fully saturated rings. The SMILES string of the molecule is CCC(CC)C(O)c1c(Cl)cnn1C. The second kappa shape index (κ2) is 4.80. The topological polar surface area (TPSA) is 38.1 Å². The fourth-order valence-corrected chi connectivity index (χ4v) is 1.99. The van der Waals surface area contributed by atoms with Crippen LogP contribution in [-0.2, 0) is 7.05 Å². The third-order valence-electron chi connectivity index (χ3n) is 2.71. The second-order valence-electron chi connectivity index (χ2n) is 3.52. The lowest BCUT2D eigenvalue weighted by Gasteiger charge is -2.20. The largest absolute Gasteiger partial charge is 0.386 e. The Bertz CT molecular complexity index is 275. The maximum Gasteiger partial charge on any atom is 0.0999 e. The molecule has 0 aromatic carbocycles. The summed E-state index contributed by atoms with van der Waals surface area (Å²) >= 11 is 5.95. The number of hydrogen-bond acceptors (Lipinski definition) is 2. The smallest absolute Gasteiger partial charge is 0.0999 e. The molecule has 0 spiro atoms. The van der Waals surface area contributed by atoms with Crippen LogP contribution in [0.15, 0.2) is 6.20 Å². The maximum atomic E-state index is 10.1. The van der Waals surface area contributed by atoms with Gasteiger partial charge >= 0.3 is 0 Å². The Morgan fingerprint density at radius 2 is 2.07 bits per heavy atom. The van der Waals surface area contributed by atoms with Crippen LogP contribution in [0.25, 0.3) is 0 Å². The molecule has 1 N–H and O–H groups in total. The highest BCUT2D eigenvalue weighted by Crippen LogP contribution is 2.31. The molecule has 0 bridgehead atoms. The first-order valence-electron chi connectivity index (χ1n) is 4.97. The van der Waals surface area contributed by atoms with Gasteiger partial charge in [0.25, 0.3) is 0 Å². The molecule has 3 nitrogen and oxygen atoms in total. The van der Waals surface area contributed by atoms with Gasteiger partial charge in [0.15, 0.2) is 0 Å². The molecule has 0 aliphatic rings. The van der Waals surface area contributed by atoms with Gasteiger partial charge in [0, 0.05) is 7.05 Å². The van der Waals surface area contributed by atoms with Gasteiger partial charge in [-0.1, -0.05) is 38.3 Å². The lowest BCUT2D eigenvalue weighted by atomic mass is 9.94. The van der Waals surface area contributed by atoms with Crippen molar-refractivity contribution in [2.45, 2.75) is 32.8 Å². The predicted octanol–water partition coefficient (Wildman–Crippen LogP) is 2.54. The quantitative estimate of drug-likeness (QED) is 0.840. The number of halogens is 1. The van der Waals surface area contributed by atoms with Gasteiger partial charge in [-0.15, -0.1) is 0 Å². The van der Waals surface area contributed by atoms with E-state index < -0.39 is 6.10 Å². The molecule has 0 aliphatic heterocycles.